The monoisotopic (exact) mass is 480 g/mol. The number of nitrogens with zero attached hydrogens (tertiary/aromatic N) is 2. The van der Waals surface area contributed by atoms with Crippen molar-refractivity contribution in [2.75, 3.05) is 52.9 Å². The zero-order valence-corrected chi connectivity index (χ0v) is 18.3. The smallest absolute Gasteiger partial charge is 0.430 e. The molecule has 34 heavy (non-hydrogen) atoms. The van der Waals surface area contributed by atoms with Crippen molar-refractivity contribution in [3.05, 3.63) is 35.4 Å². The molecular weight excluding hydrogens is 456 g/mol. The minimum absolute atomic E-state index is 0.00388. The summed E-state index contributed by atoms with van der Waals surface area (Å²) in [7, 11) is 0. The van der Waals surface area contributed by atoms with Crippen molar-refractivity contribution in [3.63, 3.8) is 0 Å². The Balaban J connectivity index is 1.11. The Hall–Kier alpha value is -3.39. The molecule has 0 bridgehead atoms. The number of hydrogen-bond donors (Lipinski definition) is 0. The lowest BCUT2D eigenvalue weighted by Crippen LogP contribution is -2.32. The van der Waals surface area contributed by atoms with Crippen LogP contribution in [0, 0.1) is 0 Å². The van der Waals surface area contributed by atoms with Gasteiger partial charge in [-0.1, -0.05) is 17.2 Å². The van der Waals surface area contributed by atoms with E-state index < -0.39 is 29.8 Å². The number of benzene rings is 1. The first-order valence-corrected chi connectivity index (χ1v) is 10.5. The van der Waals surface area contributed by atoms with Crippen LogP contribution in [0.5, 0.6) is 0 Å². The fraction of sp³-hybridized carbons (Fsp3) is 0.476. The van der Waals surface area contributed by atoms with Crippen LogP contribution in [0.25, 0.3) is 0 Å². The lowest BCUT2D eigenvalue weighted by molar-refractivity contribution is -0.177. The molecule has 1 aromatic rings. The van der Waals surface area contributed by atoms with Gasteiger partial charge in [0.1, 0.15) is 6.61 Å². The average Bonchev–Trinajstić information content (AvgIpc) is 3.27. The molecule has 2 aliphatic heterocycles. The number of rotatable bonds is 14. The van der Waals surface area contributed by atoms with Crippen molar-refractivity contribution in [1.29, 1.82) is 0 Å². The largest absolute Gasteiger partial charge is 0.534 e. The van der Waals surface area contributed by atoms with Crippen molar-refractivity contribution in [3.8, 4) is 0 Å². The summed E-state index contributed by atoms with van der Waals surface area (Å²) in [4.78, 5) is 68.0. The number of amides is 4. The summed E-state index contributed by atoms with van der Waals surface area (Å²) in [5.74, 6) is -2.17. The van der Waals surface area contributed by atoms with Crippen molar-refractivity contribution < 1.29 is 52.6 Å². The lowest BCUT2D eigenvalue weighted by atomic mass is 10.1. The third-order valence-electron chi connectivity index (χ3n) is 4.57. The second-order valence-corrected chi connectivity index (χ2v) is 6.89. The van der Waals surface area contributed by atoms with E-state index in [0.717, 1.165) is 5.06 Å². The third-order valence-corrected chi connectivity index (χ3v) is 4.57. The predicted octanol–water partition coefficient (Wildman–Crippen LogP) is 0.481. The standard InChI is InChI=1S/C21H24N2O11/c24-17-5-6-18(25)22(17)34-21(28)32-13-11-30-9-7-29-8-10-31-12-14-33-23-19(26)15-3-1-2-4-16(15)20(23)27/h1-4H,5-14H2. The molecular formula is C21H24N2O11. The number of hydroxylamine groups is 4. The molecule has 4 amide bonds. The van der Waals surface area contributed by atoms with E-state index >= 15 is 0 Å². The Morgan fingerprint density at radius 1 is 0.676 bits per heavy atom. The van der Waals surface area contributed by atoms with Crippen LogP contribution in [0.1, 0.15) is 33.6 Å². The fourth-order valence-electron chi connectivity index (χ4n) is 2.96. The van der Waals surface area contributed by atoms with Crippen LogP contribution >= 0.6 is 0 Å². The fourth-order valence-corrected chi connectivity index (χ4v) is 2.96. The zero-order valence-electron chi connectivity index (χ0n) is 18.3. The van der Waals surface area contributed by atoms with E-state index in [1.165, 1.54) is 0 Å². The molecule has 0 aromatic heterocycles. The zero-order chi connectivity index (χ0) is 24.3. The molecule has 0 radical (unpaired) electrons. The lowest BCUT2D eigenvalue weighted by Gasteiger charge is -2.13. The van der Waals surface area contributed by atoms with Crippen LogP contribution < -0.4 is 0 Å². The summed E-state index contributed by atoms with van der Waals surface area (Å²) in [6, 6.07) is 6.49. The first kappa shape index (κ1) is 25.2. The Labute approximate surface area is 194 Å². The van der Waals surface area contributed by atoms with Crippen molar-refractivity contribution in [2.24, 2.45) is 0 Å². The second kappa shape index (κ2) is 12.7. The summed E-state index contributed by atoms with van der Waals surface area (Å²) in [5, 5.41) is 1.13. The average molecular weight is 480 g/mol. The Kier molecular flexibility index (Phi) is 9.46. The third kappa shape index (κ3) is 6.81. The highest BCUT2D eigenvalue weighted by molar-refractivity contribution is 6.20. The number of imide groups is 2. The number of hydrogen-bond acceptors (Lipinski definition) is 11. The van der Waals surface area contributed by atoms with E-state index in [1.54, 1.807) is 24.3 Å². The van der Waals surface area contributed by atoms with E-state index in [1.807, 2.05) is 0 Å². The minimum Gasteiger partial charge on any atom is -0.430 e. The molecule has 2 heterocycles. The van der Waals surface area contributed by atoms with Crippen molar-refractivity contribution >= 4 is 29.8 Å². The molecule has 184 valence electrons. The van der Waals surface area contributed by atoms with Gasteiger partial charge in [0, 0.05) is 12.8 Å². The highest BCUT2D eigenvalue weighted by atomic mass is 16.8. The van der Waals surface area contributed by atoms with Crippen LogP contribution in [-0.2, 0) is 38.2 Å². The maximum absolute atomic E-state index is 12.1. The molecule has 13 heteroatoms. The number of ether oxygens (including phenoxy) is 4. The molecule has 1 saturated heterocycles. The van der Waals surface area contributed by atoms with Gasteiger partial charge >= 0.3 is 6.16 Å². The van der Waals surface area contributed by atoms with E-state index in [-0.39, 0.29) is 65.7 Å². The summed E-state index contributed by atoms with van der Waals surface area (Å²) < 4.78 is 20.5. The Morgan fingerprint density at radius 3 is 1.68 bits per heavy atom. The van der Waals surface area contributed by atoms with Crippen LogP contribution in [-0.4, -0.2) is 92.8 Å². The van der Waals surface area contributed by atoms with Crippen LogP contribution in [0.3, 0.4) is 0 Å². The number of fused-ring (bicyclic) bond motifs is 1. The Morgan fingerprint density at radius 2 is 1.15 bits per heavy atom. The molecule has 2 aliphatic rings. The molecule has 0 N–H and O–H groups in total. The van der Waals surface area contributed by atoms with Gasteiger partial charge in [0.2, 0.25) is 0 Å². The molecule has 0 aliphatic carbocycles. The van der Waals surface area contributed by atoms with E-state index in [0.29, 0.717) is 16.2 Å². The Bertz CT molecular complexity index is 869. The maximum atomic E-state index is 12.1. The van der Waals surface area contributed by atoms with Gasteiger partial charge < -0.3 is 18.9 Å². The molecule has 0 unspecified atom stereocenters. The molecule has 0 atom stereocenters. The van der Waals surface area contributed by atoms with Crippen molar-refractivity contribution in [1.82, 2.24) is 10.1 Å². The molecule has 0 saturated carbocycles. The minimum atomic E-state index is -1.16. The van der Waals surface area contributed by atoms with E-state index in [4.69, 9.17) is 23.8 Å². The molecule has 3 rings (SSSR count). The first-order chi connectivity index (χ1) is 16.5. The topological polar surface area (TPSA) is 147 Å². The van der Waals surface area contributed by atoms with Gasteiger partial charge in [0.15, 0.2) is 0 Å². The normalized spacial score (nSPS) is 15.3. The first-order valence-electron chi connectivity index (χ1n) is 10.5. The van der Waals surface area contributed by atoms with E-state index in [9.17, 15) is 24.0 Å². The number of carbonyl (C=O) groups is 5. The van der Waals surface area contributed by atoms with Gasteiger partial charge in [-0.15, -0.1) is 5.06 Å². The molecule has 0 spiro atoms. The number of carbonyl (C=O) groups excluding carboxylic acids is 5. The van der Waals surface area contributed by atoms with Gasteiger partial charge in [-0.25, -0.2) is 4.79 Å². The van der Waals surface area contributed by atoms with Crippen molar-refractivity contribution in [2.45, 2.75) is 12.8 Å². The summed E-state index contributed by atoms with van der Waals surface area (Å²) >= 11 is 0. The molecule has 1 fully saturated rings. The highest BCUT2D eigenvalue weighted by Gasteiger charge is 2.36. The quantitative estimate of drug-likeness (QED) is 0.208. The predicted molar refractivity (Wildman–Crippen MR) is 109 cm³/mol. The van der Waals surface area contributed by atoms with Gasteiger partial charge in [0.05, 0.1) is 57.4 Å². The van der Waals surface area contributed by atoms with Gasteiger partial charge in [-0.3, -0.25) is 28.9 Å². The van der Waals surface area contributed by atoms with Gasteiger partial charge in [-0.2, -0.15) is 0 Å². The molecule has 13 nitrogen and oxygen atoms in total. The van der Waals surface area contributed by atoms with Gasteiger partial charge in [-0.05, 0) is 12.1 Å². The summed E-state index contributed by atoms with van der Waals surface area (Å²) in [6.07, 6.45) is -1.15. The maximum Gasteiger partial charge on any atom is 0.534 e. The van der Waals surface area contributed by atoms with E-state index in [2.05, 4.69) is 4.84 Å². The van der Waals surface area contributed by atoms with Crippen LogP contribution in [0.4, 0.5) is 4.79 Å². The summed E-state index contributed by atoms with van der Waals surface area (Å²) in [5.41, 5.74) is 0.621. The van der Waals surface area contributed by atoms with Crippen LogP contribution in [0.15, 0.2) is 24.3 Å². The van der Waals surface area contributed by atoms with Gasteiger partial charge in [0.25, 0.3) is 23.6 Å². The second-order valence-electron chi connectivity index (χ2n) is 6.89. The summed E-state index contributed by atoms with van der Waals surface area (Å²) in [6.45, 7) is 1.22. The highest BCUT2D eigenvalue weighted by Crippen LogP contribution is 2.22. The SMILES string of the molecule is O=C(OCCOCCOCCOCCON1C(=O)c2ccccc2C1=O)ON1C(=O)CCC1=O. The molecule has 1 aromatic carbocycles. The van der Waals surface area contributed by atoms with Crippen LogP contribution in [0.2, 0.25) is 0 Å².